The van der Waals surface area contributed by atoms with Crippen molar-refractivity contribution < 1.29 is 4.79 Å². The number of anilines is 2. The zero-order chi connectivity index (χ0) is 18.0. The molecule has 0 aliphatic rings. The number of hydrogen-bond donors (Lipinski definition) is 2. The van der Waals surface area contributed by atoms with Crippen LogP contribution >= 0.6 is 0 Å². The van der Waals surface area contributed by atoms with E-state index >= 15 is 0 Å². The van der Waals surface area contributed by atoms with Gasteiger partial charge in [0, 0.05) is 11.5 Å². The topological polar surface area (TPSA) is 72.9 Å². The van der Waals surface area contributed by atoms with Crippen LogP contribution in [-0.2, 0) is 5.41 Å². The van der Waals surface area contributed by atoms with Crippen LogP contribution in [0, 0.1) is 0 Å². The van der Waals surface area contributed by atoms with Crippen molar-refractivity contribution in [2.75, 3.05) is 5.32 Å². The van der Waals surface area contributed by atoms with Gasteiger partial charge in [-0.1, -0.05) is 51.1 Å². The number of benzene rings is 2. The van der Waals surface area contributed by atoms with Crippen molar-refractivity contribution in [3.63, 3.8) is 0 Å². The van der Waals surface area contributed by atoms with Crippen LogP contribution in [0.3, 0.4) is 0 Å². The monoisotopic (exact) mass is 334 g/mol. The minimum Gasteiger partial charge on any atom is -0.366 e. The first-order valence-corrected chi connectivity index (χ1v) is 8.18. The van der Waals surface area contributed by atoms with Gasteiger partial charge in [0.2, 0.25) is 0 Å². The molecule has 2 aromatic carbocycles. The largest absolute Gasteiger partial charge is 0.366 e. The highest BCUT2D eigenvalue weighted by Gasteiger charge is 2.21. The predicted octanol–water partition coefficient (Wildman–Crippen LogP) is 4.01. The maximum atomic E-state index is 11.7. The Balaban J connectivity index is 2.10. The van der Waals surface area contributed by atoms with Crippen molar-refractivity contribution in [2.24, 2.45) is 5.73 Å². The molecule has 5 heteroatoms. The fourth-order valence-electron chi connectivity index (χ4n) is 2.55. The third-order valence-electron chi connectivity index (χ3n) is 3.93. The summed E-state index contributed by atoms with van der Waals surface area (Å²) in [4.78, 5) is 11.7. The summed E-state index contributed by atoms with van der Waals surface area (Å²) in [5.74, 6) is 0.315. The van der Waals surface area contributed by atoms with Crippen LogP contribution in [0.5, 0.6) is 0 Å². The zero-order valence-corrected chi connectivity index (χ0v) is 14.7. The van der Waals surface area contributed by atoms with Gasteiger partial charge in [0.25, 0.3) is 5.91 Å². The maximum absolute atomic E-state index is 11.7. The predicted molar refractivity (Wildman–Crippen MR) is 101 cm³/mol. The molecule has 0 fully saturated rings. The van der Waals surface area contributed by atoms with Gasteiger partial charge in [-0.3, -0.25) is 4.79 Å². The molecular weight excluding hydrogens is 312 g/mol. The Labute approximate surface area is 147 Å². The summed E-state index contributed by atoms with van der Waals surface area (Å²) in [7, 11) is 0. The highest BCUT2D eigenvalue weighted by atomic mass is 16.1. The Morgan fingerprint density at radius 1 is 1.04 bits per heavy atom. The molecule has 1 amide bonds. The van der Waals surface area contributed by atoms with E-state index in [1.807, 2.05) is 53.2 Å². The van der Waals surface area contributed by atoms with E-state index in [1.54, 1.807) is 12.1 Å². The first kappa shape index (κ1) is 16.8. The van der Waals surface area contributed by atoms with Crippen LogP contribution < -0.4 is 11.1 Å². The van der Waals surface area contributed by atoms with Crippen molar-refractivity contribution in [3.05, 3.63) is 71.9 Å². The molecule has 0 unspecified atom stereocenters. The van der Waals surface area contributed by atoms with E-state index in [0.717, 1.165) is 17.2 Å². The van der Waals surface area contributed by atoms with Crippen molar-refractivity contribution in [1.29, 1.82) is 0 Å². The Morgan fingerprint density at radius 3 is 2.32 bits per heavy atom. The maximum Gasteiger partial charge on any atom is 0.250 e. The van der Waals surface area contributed by atoms with Gasteiger partial charge >= 0.3 is 0 Å². The number of nitrogens with one attached hydrogen (secondary N) is 1. The fourth-order valence-corrected chi connectivity index (χ4v) is 2.55. The number of aromatic nitrogens is 2. The highest BCUT2D eigenvalue weighted by Crippen LogP contribution is 2.29. The molecule has 0 aliphatic heterocycles. The van der Waals surface area contributed by atoms with Crippen molar-refractivity contribution in [3.8, 4) is 5.69 Å². The van der Waals surface area contributed by atoms with E-state index in [1.165, 1.54) is 0 Å². The molecule has 0 saturated carbocycles. The van der Waals surface area contributed by atoms with E-state index in [9.17, 15) is 4.79 Å². The fraction of sp³-hybridized carbons (Fsp3) is 0.200. The molecule has 5 nitrogen and oxygen atoms in total. The molecular formula is C20H22N4O. The van der Waals surface area contributed by atoms with Crippen LogP contribution in [0.4, 0.5) is 11.5 Å². The smallest absolute Gasteiger partial charge is 0.250 e. The number of carbonyl (C=O) groups excluding carboxylic acids is 1. The SMILES string of the molecule is CC(C)(C)c1cc(Nc2ccccc2C(N)=O)n(-c2ccccc2)n1. The van der Waals surface area contributed by atoms with Crippen LogP contribution in [0.2, 0.25) is 0 Å². The van der Waals surface area contributed by atoms with E-state index in [-0.39, 0.29) is 5.41 Å². The lowest BCUT2D eigenvalue weighted by atomic mass is 9.92. The van der Waals surface area contributed by atoms with Gasteiger partial charge in [0.05, 0.1) is 22.6 Å². The molecule has 25 heavy (non-hydrogen) atoms. The quantitative estimate of drug-likeness (QED) is 0.757. The zero-order valence-electron chi connectivity index (χ0n) is 14.7. The summed E-state index contributed by atoms with van der Waals surface area (Å²) in [6.45, 7) is 6.35. The molecule has 0 saturated heterocycles. The van der Waals surface area contributed by atoms with E-state index in [0.29, 0.717) is 11.3 Å². The number of hydrogen-bond acceptors (Lipinski definition) is 3. The first-order chi connectivity index (χ1) is 11.9. The second kappa shape index (κ2) is 6.43. The van der Waals surface area contributed by atoms with Crippen molar-refractivity contribution in [2.45, 2.75) is 26.2 Å². The second-order valence-corrected chi connectivity index (χ2v) is 6.95. The van der Waals surface area contributed by atoms with Gasteiger partial charge in [0.15, 0.2) is 0 Å². The first-order valence-electron chi connectivity index (χ1n) is 8.18. The van der Waals surface area contributed by atoms with Crippen LogP contribution in [-0.4, -0.2) is 15.7 Å². The average Bonchev–Trinajstić information content (AvgIpc) is 3.00. The van der Waals surface area contributed by atoms with Crippen molar-refractivity contribution in [1.82, 2.24) is 9.78 Å². The summed E-state index contributed by atoms with van der Waals surface area (Å²) in [6.07, 6.45) is 0. The van der Waals surface area contributed by atoms with Crippen LogP contribution in [0.15, 0.2) is 60.7 Å². The molecule has 3 N–H and O–H groups in total. The number of nitrogens with two attached hydrogens (primary N) is 1. The lowest BCUT2D eigenvalue weighted by Crippen LogP contribution is -2.14. The van der Waals surface area contributed by atoms with Crippen LogP contribution in [0.25, 0.3) is 5.69 Å². The summed E-state index contributed by atoms with van der Waals surface area (Å²) >= 11 is 0. The molecule has 3 rings (SSSR count). The summed E-state index contributed by atoms with van der Waals surface area (Å²) < 4.78 is 1.85. The average molecular weight is 334 g/mol. The summed E-state index contributed by atoms with van der Waals surface area (Å²) in [5, 5.41) is 8.07. The molecule has 0 atom stereocenters. The third kappa shape index (κ3) is 3.55. The molecule has 1 heterocycles. The number of amides is 1. The van der Waals surface area contributed by atoms with E-state index in [2.05, 4.69) is 26.1 Å². The number of carbonyl (C=O) groups is 1. The number of primary amides is 1. The minimum absolute atomic E-state index is 0.0976. The molecule has 0 bridgehead atoms. The Kier molecular flexibility index (Phi) is 4.31. The Morgan fingerprint density at radius 2 is 1.68 bits per heavy atom. The molecule has 0 radical (unpaired) electrons. The van der Waals surface area contributed by atoms with Gasteiger partial charge in [-0.25, -0.2) is 4.68 Å². The Bertz CT molecular complexity index is 892. The van der Waals surface area contributed by atoms with Crippen LogP contribution in [0.1, 0.15) is 36.8 Å². The minimum atomic E-state index is -0.468. The van der Waals surface area contributed by atoms with Gasteiger partial charge < -0.3 is 11.1 Å². The highest BCUT2D eigenvalue weighted by molar-refractivity contribution is 5.99. The van der Waals surface area contributed by atoms with Gasteiger partial charge in [-0.15, -0.1) is 0 Å². The second-order valence-electron chi connectivity index (χ2n) is 6.95. The van der Waals surface area contributed by atoms with Crippen molar-refractivity contribution >= 4 is 17.4 Å². The molecule has 0 spiro atoms. The lowest BCUT2D eigenvalue weighted by Gasteiger charge is -2.14. The normalized spacial score (nSPS) is 11.3. The number of para-hydroxylation sites is 2. The summed E-state index contributed by atoms with van der Waals surface area (Å²) in [6, 6.07) is 19.1. The molecule has 1 aromatic heterocycles. The van der Waals surface area contributed by atoms with Gasteiger partial charge in [0.1, 0.15) is 5.82 Å². The standard InChI is InChI=1S/C20H22N4O/c1-20(2,3)17-13-18(24(23-17)14-9-5-4-6-10-14)22-16-12-8-7-11-15(16)19(21)25/h4-13,22H,1-3H3,(H2,21,25). The third-order valence-corrected chi connectivity index (χ3v) is 3.93. The molecule has 3 aromatic rings. The van der Waals surface area contributed by atoms with Gasteiger partial charge in [-0.05, 0) is 24.3 Å². The number of nitrogens with zero attached hydrogens (tertiary/aromatic N) is 2. The molecule has 0 aliphatic carbocycles. The van der Waals surface area contributed by atoms with Gasteiger partial charge in [-0.2, -0.15) is 5.10 Å². The number of rotatable bonds is 4. The summed E-state index contributed by atoms with van der Waals surface area (Å²) in [5.41, 5.74) is 8.39. The lowest BCUT2D eigenvalue weighted by molar-refractivity contribution is 0.100. The van der Waals surface area contributed by atoms with E-state index < -0.39 is 5.91 Å². The molecule has 128 valence electrons. The Hall–Kier alpha value is -3.08. The van der Waals surface area contributed by atoms with E-state index in [4.69, 9.17) is 10.8 Å².